The van der Waals surface area contributed by atoms with E-state index in [1.54, 1.807) is 0 Å². The molecule has 0 radical (unpaired) electrons. The molecular weight excluding hydrogens is 226 g/mol. The van der Waals surface area contributed by atoms with Crippen LogP contribution in [0.15, 0.2) is 10.9 Å². The number of rotatable bonds is 5. The quantitative estimate of drug-likeness (QED) is 0.873. The second kappa shape index (κ2) is 5.83. The van der Waals surface area contributed by atoms with Gasteiger partial charge in [-0.3, -0.25) is 0 Å². The molecule has 0 bridgehead atoms. The molecule has 1 heterocycles. The molecular formula is C14H25N3O. The van der Waals surface area contributed by atoms with Gasteiger partial charge in [-0.2, -0.15) is 4.98 Å². The summed E-state index contributed by atoms with van der Waals surface area (Å²) in [6.45, 7) is 7.85. The Morgan fingerprint density at radius 1 is 1.33 bits per heavy atom. The Balaban J connectivity index is 1.73. The maximum absolute atomic E-state index is 4.73. The fourth-order valence-electron chi connectivity index (χ4n) is 2.87. The molecule has 0 unspecified atom stereocenters. The van der Waals surface area contributed by atoms with Crippen LogP contribution in [0.2, 0.25) is 0 Å². The minimum Gasteiger partial charge on any atom is -0.343 e. The number of nitrogens with one attached hydrogen (secondary N) is 1. The zero-order valence-electron chi connectivity index (χ0n) is 11.8. The molecule has 0 spiro atoms. The van der Waals surface area contributed by atoms with E-state index in [1.165, 1.54) is 38.5 Å². The Bertz CT molecular complexity index is 340. The van der Waals surface area contributed by atoms with E-state index >= 15 is 0 Å². The Labute approximate surface area is 110 Å². The predicted octanol–water partition coefficient (Wildman–Crippen LogP) is 3.15. The van der Waals surface area contributed by atoms with Crippen LogP contribution in [0.4, 0.5) is 0 Å². The maximum atomic E-state index is 4.73. The highest BCUT2D eigenvalue weighted by Gasteiger charge is 2.31. The van der Waals surface area contributed by atoms with Gasteiger partial charge < -0.3 is 9.84 Å². The highest BCUT2D eigenvalue weighted by molar-refractivity contribution is 4.86. The van der Waals surface area contributed by atoms with Gasteiger partial charge in [-0.25, -0.2) is 0 Å². The van der Waals surface area contributed by atoms with Crippen molar-refractivity contribution in [1.29, 1.82) is 0 Å². The first-order valence-electron chi connectivity index (χ1n) is 7.10. The van der Waals surface area contributed by atoms with Crippen molar-refractivity contribution in [2.24, 2.45) is 11.3 Å². The predicted molar refractivity (Wildman–Crippen MR) is 71.0 cm³/mol. The average Bonchev–Trinajstić information content (AvgIpc) is 2.90. The van der Waals surface area contributed by atoms with Crippen LogP contribution in [-0.4, -0.2) is 16.2 Å². The molecule has 18 heavy (non-hydrogen) atoms. The molecule has 1 saturated carbocycles. The molecule has 1 N–H and O–H groups in total. The van der Waals surface area contributed by atoms with Gasteiger partial charge in [0.1, 0.15) is 0 Å². The van der Waals surface area contributed by atoms with E-state index in [1.807, 2.05) is 0 Å². The van der Waals surface area contributed by atoms with E-state index in [0.29, 0.717) is 11.5 Å². The number of hydrogen-bond acceptors (Lipinski definition) is 4. The Kier molecular flexibility index (Phi) is 4.38. The highest BCUT2D eigenvalue weighted by Crippen LogP contribution is 2.40. The lowest BCUT2D eigenvalue weighted by Crippen LogP contribution is -2.36. The summed E-state index contributed by atoms with van der Waals surface area (Å²) in [4.78, 5) is 4.03. The molecule has 4 heteroatoms. The maximum Gasteiger partial charge on any atom is 0.213 e. The zero-order valence-corrected chi connectivity index (χ0v) is 11.8. The third-order valence-corrected chi connectivity index (χ3v) is 4.70. The van der Waals surface area contributed by atoms with E-state index in [2.05, 4.69) is 36.2 Å². The number of nitrogens with zero attached hydrogens (tertiary/aromatic N) is 2. The summed E-state index contributed by atoms with van der Waals surface area (Å²) in [6.07, 6.45) is 7.88. The van der Waals surface area contributed by atoms with Crippen LogP contribution in [0.3, 0.4) is 0 Å². The van der Waals surface area contributed by atoms with Crippen LogP contribution in [0.5, 0.6) is 0 Å². The minimum absolute atomic E-state index is 0.499. The third-order valence-electron chi connectivity index (χ3n) is 4.70. The Morgan fingerprint density at radius 2 is 2.06 bits per heavy atom. The van der Waals surface area contributed by atoms with Gasteiger partial charge >= 0.3 is 0 Å². The van der Waals surface area contributed by atoms with Gasteiger partial charge in [0.25, 0.3) is 0 Å². The van der Waals surface area contributed by atoms with Crippen molar-refractivity contribution < 1.29 is 4.52 Å². The number of aromatic nitrogens is 2. The van der Waals surface area contributed by atoms with Crippen molar-refractivity contribution in [3.8, 4) is 0 Å². The topological polar surface area (TPSA) is 51.0 Å². The summed E-state index contributed by atoms with van der Waals surface area (Å²) >= 11 is 0. The zero-order chi connectivity index (χ0) is 13.0. The Morgan fingerprint density at radius 3 is 2.61 bits per heavy atom. The normalized spacial score (nSPS) is 25.3. The van der Waals surface area contributed by atoms with Crippen molar-refractivity contribution in [3.63, 3.8) is 0 Å². The van der Waals surface area contributed by atoms with E-state index < -0.39 is 0 Å². The molecule has 0 aliphatic heterocycles. The molecule has 0 saturated heterocycles. The van der Waals surface area contributed by atoms with Gasteiger partial charge in [0.05, 0.1) is 6.54 Å². The fraction of sp³-hybridized carbons (Fsp3) is 0.857. The van der Waals surface area contributed by atoms with E-state index in [-0.39, 0.29) is 0 Å². The monoisotopic (exact) mass is 251 g/mol. The lowest BCUT2D eigenvalue weighted by atomic mass is 9.69. The van der Waals surface area contributed by atoms with Crippen molar-refractivity contribution in [2.75, 3.05) is 0 Å². The first-order valence-corrected chi connectivity index (χ1v) is 7.10. The summed E-state index contributed by atoms with van der Waals surface area (Å²) in [6, 6.07) is 0.618. The second-order valence-electron chi connectivity index (χ2n) is 6.12. The van der Waals surface area contributed by atoms with Gasteiger partial charge in [-0.15, -0.1) is 0 Å². The first kappa shape index (κ1) is 13.5. The van der Waals surface area contributed by atoms with E-state index in [9.17, 15) is 0 Å². The van der Waals surface area contributed by atoms with Crippen LogP contribution >= 0.6 is 0 Å². The van der Waals surface area contributed by atoms with Crippen LogP contribution in [0, 0.1) is 11.3 Å². The van der Waals surface area contributed by atoms with E-state index in [4.69, 9.17) is 4.52 Å². The van der Waals surface area contributed by atoms with Gasteiger partial charge in [0.15, 0.2) is 5.82 Å². The first-order chi connectivity index (χ1) is 8.62. The fourth-order valence-corrected chi connectivity index (χ4v) is 2.87. The lowest BCUT2D eigenvalue weighted by Gasteiger charge is -2.39. The molecule has 1 aliphatic carbocycles. The molecule has 1 aromatic rings. The summed E-state index contributed by atoms with van der Waals surface area (Å²) in [7, 11) is 0. The van der Waals surface area contributed by atoms with Crippen LogP contribution in [-0.2, 0) is 6.54 Å². The molecule has 4 nitrogen and oxygen atoms in total. The minimum atomic E-state index is 0.499. The average molecular weight is 251 g/mol. The molecule has 1 aromatic heterocycles. The smallest absolute Gasteiger partial charge is 0.213 e. The summed E-state index contributed by atoms with van der Waals surface area (Å²) in [5.41, 5.74) is 0.499. The number of hydrogen-bond donors (Lipinski definition) is 1. The van der Waals surface area contributed by atoms with Crippen LogP contribution in [0.25, 0.3) is 0 Å². The van der Waals surface area contributed by atoms with E-state index in [0.717, 1.165) is 18.3 Å². The largest absolute Gasteiger partial charge is 0.343 e. The van der Waals surface area contributed by atoms with Gasteiger partial charge in [-0.05, 0) is 37.0 Å². The van der Waals surface area contributed by atoms with Gasteiger partial charge in [0.2, 0.25) is 6.39 Å². The van der Waals surface area contributed by atoms with Gasteiger partial charge in [0, 0.05) is 6.04 Å². The molecule has 0 amide bonds. The molecule has 2 rings (SSSR count). The van der Waals surface area contributed by atoms with Crippen molar-refractivity contribution in [2.45, 2.75) is 65.5 Å². The highest BCUT2D eigenvalue weighted by atomic mass is 16.5. The molecule has 1 aliphatic rings. The van der Waals surface area contributed by atoms with Crippen molar-refractivity contribution >= 4 is 0 Å². The molecule has 1 fully saturated rings. The SMILES string of the molecule is CCC(C)(C)C1CCC(NCc2ncon2)CC1. The third kappa shape index (κ3) is 3.31. The van der Waals surface area contributed by atoms with Gasteiger partial charge in [-0.1, -0.05) is 32.3 Å². The van der Waals surface area contributed by atoms with Crippen molar-refractivity contribution in [1.82, 2.24) is 15.5 Å². The van der Waals surface area contributed by atoms with Crippen LogP contribution < -0.4 is 5.32 Å². The standard InChI is InChI=1S/C14H25N3O/c1-4-14(2,3)11-5-7-12(8-6-11)15-9-13-16-10-18-17-13/h10-12,15H,4-9H2,1-3H3. The lowest BCUT2D eigenvalue weighted by molar-refractivity contribution is 0.136. The summed E-state index contributed by atoms with van der Waals surface area (Å²) in [5.74, 6) is 1.64. The molecule has 0 aromatic carbocycles. The van der Waals surface area contributed by atoms with Crippen molar-refractivity contribution in [3.05, 3.63) is 12.2 Å². The molecule has 0 atom stereocenters. The van der Waals surface area contributed by atoms with Crippen LogP contribution in [0.1, 0.15) is 58.7 Å². The molecule has 102 valence electrons. The summed E-state index contributed by atoms with van der Waals surface area (Å²) in [5, 5.41) is 7.35. The Hall–Kier alpha value is -0.900. The second-order valence-corrected chi connectivity index (χ2v) is 6.12. The summed E-state index contributed by atoms with van der Waals surface area (Å²) < 4.78 is 4.73.